The normalized spacial score (nSPS) is 10.1. The molecule has 0 bridgehead atoms. The number of carbonyl (C=O) groups is 1. The van der Waals surface area contributed by atoms with Crippen molar-refractivity contribution < 1.29 is 18.7 Å². The number of hydrogen-bond acceptors (Lipinski definition) is 2. The lowest BCUT2D eigenvalue weighted by Gasteiger charge is -2.05. The van der Waals surface area contributed by atoms with Crippen molar-refractivity contribution in [1.29, 1.82) is 0 Å². The number of benzene rings is 2. The smallest absolute Gasteiger partial charge is 0.255 e. The minimum absolute atomic E-state index is 0.0157. The number of rotatable bonds is 2. The van der Waals surface area contributed by atoms with E-state index >= 15 is 0 Å². The molecule has 0 aliphatic carbocycles. The number of nitrogens with one attached hydrogen (secondary N) is 1. The second kappa shape index (κ2) is 4.83. The van der Waals surface area contributed by atoms with E-state index in [0.717, 1.165) is 12.1 Å². The molecule has 1 amide bonds. The van der Waals surface area contributed by atoms with Crippen LogP contribution in [0.1, 0.15) is 10.4 Å². The molecule has 0 fully saturated rings. The van der Waals surface area contributed by atoms with Crippen LogP contribution in [0.15, 0.2) is 42.5 Å². The number of aromatic hydroxyl groups is 1. The van der Waals surface area contributed by atoms with Crippen LogP contribution in [0, 0.1) is 11.6 Å². The van der Waals surface area contributed by atoms with Crippen molar-refractivity contribution in [1.82, 2.24) is 0 Å². The monoisotopic (exact) mass is 249 g/mol. The van der Waals surface area contributed by atoms with Gasteiger partial charge in [-0.25, -0.2) is 8.78 Å². The third kappa shape index (κ3) is 2.63. The molecule has 2 aromatic rings. The highest BCUT2D eigenvalue weighted by Gasteiger charge is 2.09. The SMILES string of the molecule is O=C(Nc1ccc(O)cc1)c1ccc(F)c(F)c1. The van der Waals surface area contributed by atoms with Gasteiger partial charge in [0.1, 0.15) is 5.75 Å². The van der Waals surface area contributed by atoms with Gasteiger partial charge in [0.05, 0.1) is 0 Å². The fourth-order valence-electron chi connectivity index (χ4n) is 1.39. The van der Waals surface area contributed by atoms with Gasteiger partial charge in [0.15, 0.2) is 11.6 Å². The van der Waals surface area contributed by atoms with Crippen LogP contribution in [0.2, 0.25) is 0 Å². The Morgan fingerprint density at radius 3 is 2.28 bits per heavy atom. The Hall–Kier alpha value is -2.43. The molecule has 0 atom stereocenters. The summed E-state index contributed by atoms with van der Waals surface area (Å²) in [6, 6.07) is 8.70. The van der Waals surface area contributed by atoms with Crippen LogP contribution in [0.4, 0.5) is 14.5 Å². The second-order valence-electron chi connectivity index (χ2n) is 3.63. The summed E-state index contributed by atoms with van der Waals surface area (Å²) in [6.07, 6.45) is 0. The first kappa shape index (κ1) is 12.0. The number of carbonyl (C=O) groups excluding carboxylic acids is 1. The van der Waals surface area contributed by atoms with Crippen LogP contribution >= 0.6 is 0 Å². The van der Waals surface area contributed by atoms with E-state index < -0.39 is 17.5 Å². The van der Waals surface area contributed by atoms with Gasteiger partial charge in [0, 0.05) is 11.3 Å². The molecule has 0 heterocycles. The second-order valence-corrected chi connectivity index (χ2v) is 3.63. The summed E-state index contributed by atoms with van der Waals surface area (Å²) >= 11 is 0. The maximum Gasteiger partial charge on any atom is 0.255 e. The molecule has 3 nitrogen and oxygen atoms in total. The van der Waals surface area contributed by atoms with Gasteiger partial charge in [0.25, 0.3) is 5.91 Å². The standard InChI is InChI=1S/C13H9F2NO2/c14-11-6-1-8(7-12(11)15)13(18)16-9-2-4-10(17)5-3-9/h1-7,17H,(H,16,18). The van der Waals surface area contributed by atoms with Crippen molar-refractivity contribution in [2.24, 2.45) is 0 Å². The maximum absolute atomic E-state index is 12.9. The summed E-state index contributed by atoms with van der Waals surface area (Å²) in [5.74, 6) is -2.56. The fourth-order valence-corrected chi connectivity index (χ4v) is 1.39. The molecule has 0 aromatic heterocycles. The number of phenols is 1. The van der Waals surface area contributed by atoms with Crippen molar-refractivity contribution in [2.45, 2.75) is 0 Å². The number of amides is 1. The summed E-state index contributed by atoms with van der Waals surface area (Å²) < 4.78 is 25.6. The van der Waals surface area contributed by atoms with Crippen LogP contribution in [-0.2, 0) is 0 Å². The van der Waals surface area contributed by atoms with Crippen LogP contribution in [-0.4, -0.2) is 11.0 Å². The first-order chi connectivity index (χ1) is 8.56. The molecule has 0 unspecified atom stereocenters. The summed E-state index contributed by atoms with van der Waals surface area (Å²) in [5, 5.41) is 11.6. The molecular weight excluding hydrogens is 240 g/mol. The molecule has 2 aromatic carbocycles. The average Bonchev–Trinajstić information content (AvgIpc) is 2.35. The van der Waals surface area contributed by atoms with Crippen molar-refractivity contribution in [3.05, 3.63) is 59.7 Å². The maximum atomic E-state index is 12.9. The van der Waals surface area contributed by atoms with E-state index in [-0.39, 0.29) is 11.3 Å². The van der Waals surface area contributed by atoms with Crippen LogP contribution in [0.25, 0.3) is 0 Å². The molecule has 92 valence electrons. The molecule has 18 heavy (non-hydrogen) atoms. The molecule has 0 aliphatic heterocycles. The van der Waals surface area contributed by atoms with Gasteiger partial charge >= 0.3 is 0 Å². The lowest BCUT2D eigenvalue weighted by atomic mass is 10.2. The number of anilines is 1. The minimum Gasteiger partial charge on any atom is -0.508 e. The molecule has 0 aliphatic rings. The third-order valence-corrected chi connectivity index (χ3v) is 2.31. The van der Waals surface area contributed by atoms with Crippen LogP contribution < -0.4 is 5.32 Å². The number of hydrogen-bond donors (Lipinski definition) is 2. The first-order valence-electron chi connectivity index (χ1n) is 5.12. The zero-order chi connectivity index (χ0) is 13.1. The van der Waals surface area contributed by atoms with Crippen molar-refractivity contribution >= 4 is 11.6 Å². The number of halogens is 2. The zero-order valence-electron chi connectivity index (χ0n) is 9.15. The lowest BCUT2D eigenvalue weighted by Crippen LogP contribution is -2.12. The molecular formula is C13H9F2NO2. The Morgan fingerprint density at radius 2 is 1.67 bits per heavy atom. The largest absolute Gasteiger partial charge is 0.508 e. The molecule has 0 saturated carbocycles. The summed E-state index contributed by atoms with van der Waals surface area (Å²) in [6.45, 7) is 0. The molecule has 5 heteroatoms. The van der Waals surface area contributed by atoms with Gasteiger partial charge in [-0.1, -0.05) is 0 Å². The van der Waals surface area contributed by atoms with E-state index in [1.54, 1.807) is 0 Å². The number of phenolic OH excluding ortho intramolecular Hbond substituents is 1. The van der Waals surface area contributed by atoms with Gasteiger partial charge in [-0.2, -0.15) is 0 Å². The molecule has 0 radical (unpaired) electrons. The fraction of sp³-hybridized carbons (Fsp3) is 0. The Kier molecular flexibility index (Phi) is 3.23. The summed E-state index contributed by atoms with van der Waals surface area (Å²) in [7, 11) is 0. The Bertz CT molecular complexity index is 582. The van der Waals surface area contributed by atoms with Gasteiger partial charge in [-0.3, -0.25) is 4.79 Å². The molecule has 0 spiro atoms. The average molecular weight is 249 g/mol. The molecule has 2 rings (SSSR count). The van der Waals surface area contributed by atoms with Gasteiger partial charge in [0.2, 0.25) is 0 Å². The topological polar surface area (TPSA) is 49.3 Å². The predicted molar refractivity (Wildman–Crippen MR) is 62.4 cm³/mol. The van der Waals surface area contributed by atoms with Gasteiger partial charge < -0.3 is 10.4 Å². The van der Waals surface area contributed by atoms with E-state index in [1.165, 1.54) is 30.3 Å². The Morgan fingerprint density at radius 1 is 1.00 bits per heavy atom. The van der Waals surface area contributed by atoms with Gasteiger partial charge in [-0.15, -0.1) is 0 Å². The highest BCUT2D eigenvalue weighted by Crippen LogP contribution is 2.15. The van der Waals surface area contributed by atoms with Gasteiger partial charge in [-0.05, 0) is 42.5 Å². The van der Waals surface area contributed by atoms with Crippen molar-refractivity contribution in [3.8, 4) is 5.75 Å². The molecule has 0 saturated heterocycles. The van der Waals surface area contributed by atoms with E-state index in [9.17, 15) is 13.6 Å². The lowest BCUT2D eigenvalue weighted by molar-refractivity contribution is 0.102. The Labute approximate surface area is 102 Å². The quantitative estimate of drug-likeness (QED) is 0.804. The van der Waals surface area contributed by atoms with E-state index in [1.807, 2.05) is 0 Å². The van der Waals surface area contributed by atoms with E-state index in [0.29, 0.717) is 5.69 Å². The zero-order valence-corrected chi connectivity index (χ0v) is 9.15. The first-order valence-corrected chi connectivity index (χ1v) is 5.12. The van der Waals surface area contributed by atoms with Crippen molar-refractivity contribution in [3.63, 3.8) is 0 Å². The van der Waals surface area contributed by atoms with Crippen LogP contribution in [0.3, 0.4) is 0 Å². The third-order valence-electron chi connectivity index (χ3n) is 2.31. The Balaban J connectivity index is 2.16. The van der Waals surface area contributed by atoms with Crippen molar-refractivity contribution in [2.75, 3.05) is 5.32 Å². The summed E-state index contributed by atoms with van der Waals surface area (Å²) in [5.41, 5.74) is 0.463. The highest BCUT2D eigenvalue weighted by atomic mass is 19.2. The van der Waals surface area contributed by atoms with Crippen LogP contribution in [0.5, 0.6) is 5.75 Å². The predicted octanol–water partition coefficient (Wildman–Crippen LogP) is 2.92. The summed E-state index contributed by atoms with van der Waals surface area (Å²) in [4.78, 5) is 11.7. The van der Waals surface area contributed by atoms with E-state index in [2.05, 4.69) is 5.32 Å². The minimum atomic E-state index is -1.08. The molecule has 2 N–H and O–H groups in total. The highest BCUT2D eigenvalue weighted by molar-refractivity contribution is 6.04. The van der Waals surface area contributed by atoms with E-state index in [4.69, 9.17) is 5.11 Å².